The largest absolute Gasteiger partial charge is 0.460 e. The lowest BCUT2D eigenvalue weighted by Gasteiger charge is -2.06. The van der Waals surface area contributed by atoms with Gasteiger partial charge >= 0.3 is 5.97 Å². The van der Waals surface area contributed by atoms with Crippen molar-refractivity contribution in [2.75, 3.05) is 6.61 Å². The number of carbonyl (C=O) groups is 1. The Balaban J connectivity index is 2.24. The summed E-state index contributed by atoms with van der Waals surface area (Å²) < 4.78 is 6.25. The molecule has 0 radical (unpaired) electrons. The fraction of sp³-hybridized carbons (Fsp3) is 0.333. The van der Waals surface area contributed by atoms with Crippen LogP contribution in [0.25, 0.3) is 0 Å². The normalized spacial score (nSPS) is 10.5. The summed E-state index contributed by atoms with van der Waals surface area (Å²) in [6, 6.07) is 5.68. The number of esters is 1. The first-order valence-corrected chi connectivity index (χ1v) is 6.18. The molecule has 0 atom stereocenters. The lowest BCUT2D eigenvalue weighted by molar-refractivity contribution is 0.0505. The van der Waals surface area contributed by atoms with Crippen LogP contribution in [-0.2, 0) is 11.3 Å². The van der Waals surface area contributed by atoms with Gasteiger partial charge in [0.2, 0.25) is 0 Å². The van der Waals surface area contributed by atoms with Gasteiger partial charge < -0.3 is 4.74 Å². The highest BCUT2D eigenvalue weighted by Gasteiger charge is 2.17. The number of hydrogen-bond donors (Lipinski definition) is 0. The van der Waals surface area contributed by atoms with E-state index in [2.05, 4.69) is 15.5 Å². The van der Waals surface area contributed by atoms with Crippen molar-refractivity contribution in [2.45, 2.75) is 20.4 Å². The van der Waals surface area contributed by atoms with E-state index in [1.165, 1.54) is 4.68 Å². The molecule has 0 unspecified atom stereocenters. The molecule has 2 aromatic rings. The van der Waals surface area contributed by atoms with Crippen LogP contribution in [0, 0.1) is 6.92 Å². The Morgan fingerprint density at radius 3 is 2.95 bits per heavy atom. The maximum absolute atomic E-state index is 11.6. The van der Waals surface area contributed by atoms with Gasteiger partial charge in [-0.05, 0) is 41.5 Å². The van der Waals surface area contributed by atoms with Crippen molar-refractivity contribution in [2.24, 2.45) is 0 Å². The van der Waals surface area contributed by atoms with Gasteiger partial charge in [0.05, 0.1) is 13.2 Å². The van der Waals surface area contributed by atoms with E-state index in [1.54, 1.807) is 6.92 Å². The summed E-state index contributed by atoms with van der Waals surface area (Å²) in [6.45, 7) is 4.27. The highest BCUT2D eigenvalue weighted by Crippen LogP contribution is 2.18. The quantitative estimate of drug-likeness (QED) is 0.800. The van der Waals surface area contributed by atoms with E-state index < -0.39 is 5.97 Å². The van der Waals surface area contributed by atoms with E-state index in [-0.39, 0.29) is 12.4 Å². The molecule has 0 aliphatic heterocycles. The van der Waals surface area contributed by atoms with Crippen LogP contribution >= 0.6 is 11.6 Å². The molecule has 0 spiro atoms. The zero-order valence-electron chi connectivity index (χ0n) is 10.6. The number of aromatic nitrogens is 4. The third-order valence-corrected chi connectivity index (χ3v) is 2.87. The van der Waals surface area contributed by atoms with E-state index in [9.17, 15) is 4.79 Å². The Kier molecular flexibility index (Phi) is 4.11. The molecular formula is C12H13ClN4O2. The Labute approximate surface area is 115 Å². The van der Waals surface area contributed by atoms with Crippen molar-refractivity contribution in [3.8, 4) is 0 Å². The van der Waals surface area contributed by atoms with Crippen molar-refractivity contribution in [3.63, 3.8) is 0 Å². The summed E-state index contributed by atoms with van der Waals surface area (Å²) in [7, 11) is 0. The molecular weight excluding hydrogens is 268 g/mol. The van der Waals surface area contributed by atoms with Crippen molar-refractivity contribution in [1.82, 2.24) is 20.2 Å². The second-order valence-corrected chi connectivity index (χ2v) is 4.38. The monoisotopic (exact) mass is 280 g/mol. The molecule has 1 aromatic carbocycles. The van der Waals surface area contributed by atoms with Gasteiger partial charge in [0.25, 0.3) is 5.82 Å². The number of ether oxygens (including phenoxy) is 1. The maximum atomic E-state index is 11.6. The highest BCUT2D eigenvalue weighted by molar-refractivity contribution is 6.31. The molecule has 0 aliphatic carbocycles. The summed E-state index contributed by atoms with van der Waals surface area (Å²) in [4.78, 5) is 11.6. The van der Waals surface area contributed by atoms with Gasteiger partial charge in [0.1, 0.15) is 0 Å². The van der Waals surface area contributed by atoms with E-state index in [1.807, 2.05) is 25.1 Å². The molecule has 0 saturated heterocycles. The Morgan fingerprint density at radius 2 is 2.26 bits per heavy atom. The minimum Gasteiger partial charge on any atom is -0.460 e. The van der Waals surface area contributed by atoms with Crippen LogP contribution in [0.5, 0.6) is 0 Å². The predicted octanol–water partition coefficient (Wildman–Crippen LogP) is 1.86. The first-order chi connectivity index (χ1) is 9.11. The summed E-state index contributed by atoms with van der Waals surface area (Å²) in [5.41, 5.74) is 1.90. The summed E-state index contributed by atoms with van der Waals surface area (Å²) in [5.74, 6) is -0.478. The van der Waals surface area contributed by atoms with Gasteiger partial charge in [0.15, 0.2) is 0 Å². The second-order valence-electron chi connectivity index (χ2n) is 3.98. The van der Waals surface area contributed by atoms with Gasteiger partial charge in [-0.15, -0.1) is 5.10 Å². The maximum Gasteiger partial charge on any atom is 0.378 e. The number of tetrazole rings is 1. The molecule has 0 N–H and O–H groups in total. The average molecular weight is 281 g/mol. The number of nitrogens with zero attached hydrogens (tertiary/aromatic N) is 4. The van der Waals surface area contributed by atoms with E-state index in [0.717, 1.165) is 11.1 Å². The number of benzene rings is 1. The summed E-state index contributed by atoms with van der Waals surface area (Å²) in [6.07, 6.45) is 0. The van der Waals surface area contributed by atoms with Crippen molar-refractivity contribution >= 4 is 17.6 Å². The Hall–Kier alpha value is -1.95. The minimum absolute atomic E-state index is 0.0680. The lowest BCUT2D eigenvalue weighted by Crippen LogP contribution is -2.15. The van der Waals surface area contributed by atoms with Crippen molar-refractivity contribution in [3.05, 3.63) is 40.2 Å². The minimum atomic E-state index is -0.546. The molecule has 1 aromatic heterocycles. The van der Waals surface area contributed by atoms with Crippen LogP contribution < -0.4 is 0 Å². The molecule has 0 bridgehead atoms. The van der Waals surface area contributed by atoms with Crippen molar-refractivity contribution in [1.29, 1.82) is 0 Å². The molecule has 7 heteroatoms. The van der Waals surface area contributed by atoms with Gasteiger partial charge in [-0.1, -0.05) is 23.7 Å². The zero-order chi connectivity index (χ0) is 13.8. The smallest absolute Gasteiger partial charge is 0.378 e. The van der Waals surface area contributed by atoms with Gasteiger partial charge in [0, 0.05) is 5.02 Å². The fourth-order valence-corrected chi connectivity index (χ4v) is 1.89. The molecule has 0 amide bonds. The van der Waals surface area contributed by atoms with E-state index in [0.29, 0.717) is 11.6 Å². The molecule has 1 heterocycles. The Bertz CT molecular complexity index is 597. The Morgan fingerprint density at radius 1 is 1.47 bits per heavy atom. The van der Waals surface area contributed by atoms with Gasteiger partial charge in [-0.2, -0.15) is 0 Å². The molecule has 6 nitrogen and oxygen atoms in total. The van der Waals surface area contributed by atoms with Crippen LogP contribution in [0.4, 0.5) is 0 Å². The topological polar surface area (TPSA) is 69.9 Å². The van der Waals surface area contributed by atoms with Crippen molar-refractivity contribution < 1.29 is 9.53 Å². The van der Waals surface area contributed by atoms with Gasteiger partial charge in [-0.25, -0.2) is 9.48 Å². The highest BCUT2D eigenvalue weighted by atomic mass is 35.5. The van der Waals surface area contributed by atoms with E-state index >= 15 is 0 Å². The molecule has 2 rings (SSSR count). The predicted molar refractivity (Wildman–Crippen MR) is 69.1 cm³/mol. The standard InChI is InChI=1S/C12H13ClN4O2/c1-3-19-12(18)11-14-15-16-17(11)7-9-5-4-8(2)6-10(9)13/h4-6H,3,7H2,1-2H3. The van der Waals surface area contributed by atoms with Gasteiger partial charge in [-0.3, -0.25) is 0 Å². The number of aryl methyl sites for hydroxylation is 1. The van der Waals surface area contributed by atoms with Crippen LogP contribution in [0.1, 0.15) is 28.7 Å². The second kappa shape index (κ2) is 5.79. The number of halogens is 1. The third kappa shape index (κ3) is 3.08. The molecule has 0 fully saturated rings. The number of carbonyl (C=O) groups excluding carboxylic acids is 1. The van der Waals surface area contributed by atoms with Crippen LogP contribution in [0.15, 0.2) is 18.2 Å². The van der Waals surface area contributed by atoms with Crippen LogP contribution in [0.2, 0.25) is 5.02 Å². The first-order valence-electron chi connectivity index (χ1n) is 5.80. The zero-order valence-corrected chi connectivity index (χ0v) is 11.4. The van der Waals surface area contributed by atoms with Crippen LogP contribution in [0.3, 0.4) is 0 Å². The summed E-state index contributed by atoms with van der Waals surface area (Å²) in [5, 5.41) is 11.5. The average Bonchev–Trinajstić information content (AvgIpc) is 2.81. The fourth-order valence-electron chi connectivity index (χ4n) is 1.59. The molecule has 100 valence electrons. The number of hydrogen-bond acceptors (Lipinski definition) is 5. The van der Waals surface area contributed by atoms with E-state index in [4.69, 9.17) is 16.3 Å². The summed E-state index contributed by atoms with van der Waals surface area (Å²) >= 11 is 6.14. The lowest BCUT2D eigenvalue weighted by atomic mass is 10.1. The SMILES string of the molecule is CCOC(=O)c1nnnn1Cc1ccc(C)cc1Cl. The molecule has 0 aliphatic rings. The first kappa shape index (κ1) is 13.5. The third-order valence-electron chi connectivity index (χ3n) is 2.52. The van der Waals surface area contributed by atoms with Crippen LogP contribution in [-0.4, -0.2) is 32.8 Å². The molecule has 0 saturated carbocycles. The number of rotatable bonds is 4. The molecule has 19 heavy (non-hydrogen) atoms.